The second-order valence-corrected chi connectivity index (χ2v) is 16.9. The van der Waals surface area contributed by atoms with Gasteiger partial charge < -0.3 is 33.9 Å². The van der Waals surface area contributed by atoms with E-state index in [0.717, 1.165) is 53.9 Å². The maximum Gasteiger partial charge on any atom is 0.209 e. The minimum absolute atomic E-state index is 0.0635. The number of anilines is 1. The van der Waals surface area contributed by atoms with Crippen molar-refractivity contribution in [3.05, 3.63) is 94.8 Å². The first-order chi connectivity index (χ1) is 26.7. The summed E-state index contributed by atoms with van der Waals surface area (Å²) in [5.74, 6) is 1.65. The van der Waals surface area contributed by atoms with Crippen LogP contribution in [0.2, 0.25) is 0 Å². The molecule has 6 rings (SSSR count). The number of aryl methyl sites for hydroxylation is 1. The summed E-state index contributed by atoms with van der Waals surface area (Å²) in [7, 11) is -0.617. The zero-order valence-electron chi connectivity index (χ0n) is 32.6. The Bertz CT molecular complexity index is 1880. The number of hydrogen-bond donors (Lipinski definition) is 2. The molecule has 2 aliphatic heterocycles. The fraction of sp³-hybridized carbons (Fsp3) is 0.537. The zero-order chi connectivity index (χ0) is 38.8. The Hall–Kier alpha value is -3.92. The monoisotopic (exact) mass is 776 g/mol. The minimum atomic E-state index is -4.01. The van der Waals surface area contributed by atoms with Gasteiger partial charge in [0.2, 0.25) is 9.84 Å². The van der Waals surface area contributed by atoms with E-state index in [0.29, 0.717) is 63.4 Å². The van der Waals surface area contributed by atoms with E-state index in [2.05, 4.69) is 69.0 Å². The first kappa shape index (κ1) is 40.7. The number of aromatic nitrogens is 4. The number of piperidine rings is 1. The van der Waals surface area contributed by atoms with Crippen LogP contribution in [-0.4, -0.2) is 101 Å². The van der Waals surface area contributed by atoms with Crippen molar-refractivity contribution >= 4 is 15.5 Å². The van der Waals surface area contributed by atoms with Gasteiger partial charge in [0.1, 0.15) is 12.4 Å². The maximum atomic E-state index is 14.7. The van der Waals surface area contributed by atoms with Gasteiger partial charge in [0, 0.05) is 57.7 Å². The number of nitrogens with zero attached hydrogens (tertiary/aromatic N) is 4. The van der Waals surface area contributed by atoms with Crippen LogP contribution in [0.5, 0.6) is 5.75 Å². The van der Waals surface area contributed by atoms with Gasteiger partial charge in [-0.15, -0.1) is 10.2 Å². The molecule has 0 radical (unpaired) electrons. The van der Waals surface area contributed by atoms with Crippen LogP contribution in [0.4, 0.5) is 5.69 Å². The van der Waals surface area contributed by atoms with Crippen molar-refractivity contribution in [3.8, 4) is 5.75 Å². The predicted octanol–water partition coefficient (Wildman–Crippen LogP) is 5.74. The molecular weight excluding hydrogens is 721 g/mol. The quantitative estimate of drug-likeness (QED) is 0.112. The van der Waals surface area contributed by atoms with Crippen LogP contribution in [0.1, 0.15) is 78.5 Å². The summed E-state index contributed by atoms with van der Waals surface area (Å²) in [4.78, 5) is 2.45. The summed E-state index contributed by atoms with van der Waals surface area (Å²) in [5.41, 5.74) is 3.27. The fourth-order valence-corrected chi connectivity index (χ4v) is 9.09. The summed E-state index contributed by atoms with van der Waals surface area (Å²) in [5, 5.41) is 18.4. The van der Waals surface area contributed by atoms with Crippen LogP contribution in [0.15, 0.2) is 71.6 Å². The van der Waals surface area contributed by atoms with Gasteiger partial charge in [0.25, 0.3) is 0 Å². The molecule has 1 fully saturated rings. The number of hydrogen-bond acceptors (Lipinski definition) is 12. The molecule has 0 spiro atoms. The third kappa shape index (κ3) is 10.5. The molecule has 1 saturated heterocycles. The number of aromatic amines is 1. The molecule has 4 aromatic rings. The van der Waals surface area contributed by atoms with Gasteiger partial charge in [-0.3, -0.25) is 0 Å². The number of tetrazole rings is 1. The summed E-state index contributed by atoms with van der Waals surface area (Å²) >= 11 is 0. The summed E-state index contributed by atoms with van der Waals surface area (Å²) in [6, 6.07) is 21.2. The number of fused-ring (bicyclic) bond motifs is 1. The highest BCUT2D eigenvalue weighted by atomic mass is 32.2. The number of sulfone groups is 1. The van der Waals surface area contributed by atoms with Gasteiger partial charge in [0.05, 0.1) is 43.1 Å². The lowest BCUT2D eigenvalue weighted by molar-refractivity contribution is -0.00706. The molecule has 6 atom stereocenters. The molecule has 2 N–H and O–H groups in total. The van der Waals surface area contributed by atoms with E-state index in [1.54, 1.807) is 26.4 Å². The lowest BCUT2D eigenvalue weighted by Gasteiger charge is -2.40. The summed E-state index contributed by atoms with van der Waals surface area (Å²) < 4.78 is 59.0. The third-order valence-electron chi connectivity index (χ3n) is 10.5. The molecule has 0 aliphatic carbocycles. The Balaban J connectivity index is 1.31. The molecular formula is C41H56N6O7S. The summed E-state index contributed by atoms with van der Waals surface area (Å²) in [6.07, 6.45) is 1.87. The lowest BCUT2D eigenvalue weighted by Crippen LogP contribution is -2.48. The number of ether oxygens (including phenoxy) is 5. The van der Waals surface area contributed by atoms with Crippen molar-refractivity contribution in [2.75, 3.05) is 65.2 Å². The van der Waals surface area contributed by atoms with Crippen molar-refractivity contribution < 1.29 is 32.1 Å². The van der Waals surface area contributed by atoms with E-state index in [-0.39, 0.29) is 22.8 Å². The van der Waals surface area contributed by atoms with E-state index in [9.17, 15) is 8.42 Å². The Morgan fingerprint density at radius 1 is 1.00 bits per heavy atom. The van der Waals surface area contributed by atoms with Crippen LogP contribution in [-0.2, 0) is 35.4 Å². The average molecular weight is 777 g/mol. The second kappa shape index (κ2) is 19.3. The van der Waals surface area contributed by atoms with Crippen LogP contribution in [0.25, 0.3) is 0 Å². The van der Waals surface area contributed by atoms with E-state index >= 15 is 0 Å². The van der Waals surface area contributed by atoms with Gasteiger partial charge in [-0.1, -0.05) is 67.1 Å². The van der Waals surface area contributed by atoms with Crippen molar-refractivity contribution in [1.82, 2.24) is 25.9 Å². The van der Waals surface area contributed by atoms with E-state index < -0.39 is 21.4 Å². The molecule has 14 heteroatoms. The largest absolute Gasteiger partial charge is 0.490 e. The van der Waals surface area contributed by atoms with Crippen molar-refractivity contribution in [2.24, 2.45) is 5.92 Å². The second-order valence-electron chi connectivity index (χ2n) is 14.9. The molecule has 0 amide bonds. The summed E-state index contributed by atoms with van der Waals surface area (Å²) in [6.45, 7) is 11.0. The maximum absolute atomic E-state index is 14.7. The average Bonchev–Trinajstić information content (AvgIpc) is 3.74. The van der Waals surface area contributed by atoms with Gasteiger partial charge in [-0.25, -0.2) is 8.42 Å². The highest BCUT2D eigenvalue weighted by molar-refractivity contribution is 7.91. The van der Waals surface area contributed by atoms with Crippen LogP contribution >= 0.6 is 0 Å². The molecule has 298 valence electrons. The highest BCUT2D eigenvalue weighted by Crippen LogP contribution is 2.42. The Morgan fingerprint density at radius 2 is 1.80 bits per heavy atom. The van der Waals surface area contributed by atoms with Gasteiger partial charge in [0.15, 0.2) is 11.3 Å². The zero-order valence-corrected chi connectivity index (χ0v) is 33.5. The molecule has 2 aliphatic rings. The molecule has 3 heterocycles. The molecule has 0 bridgehead atoms. The van der Waals surface area contributed by atoms with Crippen LogP contribution < -0.4 is 15.0 Å². The minimum Gasteiger partial charge on any atom is -0.490 e. The number of methoxy groups -OCH3 is 2. The Kier molecular flexibility index (Phi) is 14.3. The standard InChI is InChI=1S/C41H56N6O7S/c1-28-7-14-35(15-8-28)55(48,49)41(33-13-16-38-37(22-33)47(18-20-53-38)17-6-19-50-4)54-39-24-42-34(21-30(3)40-43-45-46-44-40)23-36(39)32-11-9-31(10-12-32)27-52-26-29(2)25-51-5/h7-16,22,29-30,34,36,39,41-42H,6,17-21,23-27H2,1-5H3,(H,43,44,45,46)/t29-,30+,34-,36+,39-,41?/m0/s1. The SMILES string of the molecule is COCCCN1CCOc2ccc(C(O[C@H]3CN[C@@H](C[C@@H](C)c4nn[nH]n4)C[C@@H]3c3ccc(COC[C@@H](C)COC)cc3)S(=O)(=O)c3ccc(C)cc3)cc21. The smallest absolute Gasteiger partial charge is 0.209 e. The van der Waals surface area contributed by atoms with Crippen molar-refractivity contribution in [3.63, 3.8) is 0 Å². The van der Waals surface area contributed by atoms with Crippen molar-refractivity contribution in [1.29, 1.82) is 0 Å². The van der Waals surface area contributed by atoms with Gasteiger partial charge in [-0.05, 0) is 67.1 Å². The van der Waals surface area contributed by atoms with Gasteiger partial charge in [-0.2, -0.15) is 5.21 Å². The Labute approximate surface area is 325 Å². The number of nitrogens with one attached hydrogen (secondary N) is 2. The number of H-pyrrole nitrogens is 1. The lowest BCUT2D eigenvalue weighted by atomic mass is 9.81. The molecule has 13 nitrogen and oxygen atoms in total. The molecule has 1 unspecified atom stereocenters. The number of rotatable bonds is 19. The molecule has 1 aromatic heterocycles. The first-order valence-electron chi connectivity index (χ1n) is 19.2. The molecule has 3 aromatic carbocycles. The topological polar surface area (TPSA) is 150 Å². The fourth-order valence-electron chi connectivity index (χ4n) is 7.53. The van der Waals surface area contributed by atoms with Crippen LogP contribution in [0.3, 0.4) is 0 Å². The van der Waals surface area contributed by atoms with E-state index in [1.165, 1.54) is 0 Å². The number of benzene rings is 3. The molecule has 55 heavy (non-hydrogen) atoms. The van der Waals surface area contributed by atoms with E-state index in [4.69, 9.17) is 23.7 Å². The van der Waals surface area contributed by atoms with Gasteiger partial charge >= 0.3 is 0 Å². The molecule has 0 saturated carbocycles. The van der Waals surface area contributed by atoms with E-state index in [1.807, 2.05) is 37.3 Å². The van der Waals surface area contributed by atoms with Crippen molar-refractivity contribution in [2.45, 2.75) is 81.0 Å². The third-order valence-corrected chi connectivity index (χ3v) is 12.4. The van der Waals surface area contributed by atoms with Crippen LogP contribution in [0, 0.1) is 12.8 Å². The highest BCUT2D eigenvalue weighted by Gasteiger charge is 2.40. The first-order valence-corrected chi connectivity index (χ1v) is 20.8. The normalized spacial score (nSPS) is 20.4. The predicted molar refractivity (Wildman–Crippen MR) is 210 cm³/mol. The Morgan fingerprint density at radius 3 is 2.53 bits per heavy atom.